The standard InChI is InChI=1S/C17H33N3O.HI/c1-14(2)11-16-7-9-20(12-16)17(18-3)19-8-4-10-21-13-15-5-6-15;/h14-16H,4-13H2,1-3H3,(H,18,19);1H. The molecule has 0 aromatic heterocycles. The minimum Gasteiger partial charge on any atom is -0.381 e. The normalized spacial score (nSPS) is 22.1. The van der Waals surface area contributed by atoms with Gasteiger partial charge in [-0.3, -0.25) is 4.99 Å². The molecule has 0 amide bonds. The molecule has 0 aromatic carbocycles. The van der Waals surface area contributed by atoms with Crippen molar-refractivity contribution in [1.82, 2.24) is 10.2 Å². The smallest absolute Gasteiger partial charge is 0.193 e. The maximum Gasteiger partial charge on any atom is 0.193 e. The van der Waals surface area contributed by atoms with Gasteiger partial charge in [0.1, 0.15) is 0 Å². The molecule has 0 bridgehead atoms. The third-order valence-corrected chi connectivity index (χ3v) is 4.40. The molecule has 0 spiro atoms. The average molecular weight is 423 g/mol. The van der Waals surface area contributed by atoms with Crippen molar-refractivity contribution in [2.45, 2.75) is 46.0 Å². The highest BCUT2D eigenvalue weighted by molar-refractivity contribution is 14.0. The van der Waals surface area contributed by atoms with E-state index >= 15 is 0 Å². The van der Waals surface area contributed by atoms with E-state index in [2.05, 4.69) is 29.1 Å². The summed E-state index contributed by atoms with van der Waals surface area (Å²) in [5.74, 6) is 3.58. The monoisotopic (exact) mass is 423 g/mol. The van der Waals surface area contributed by atoms with Crippen LogP contribution in [0.5, 0.6) is 0 Å². The summed E-state index contributed by atoms with van der Waals surface area (Å²) in [5, 5.41) is 3.48. The fraction of sp³-hybridized carbons (Fsp3) is 0.941. The lowest BCUT2D eigenvalue weighted by Crippen LogP contribution is -2.40. The number of hydrogen-bond acceptors (Lipinski definition) is 2. The summed E-state index contributed by atoms with van der Waals surface area (Å²) < 4.78 is 5.67. The molecule has 1 heterocycles. The number of nitrogens with zero attached hydrogens (tertiary/aromatic N) is 2. The van der Waals surface area contributed by atoms with E-state index in [0.29, 0.717) is 0 Å². The maximum atomic E-state index is 5.67. The molecule has 1 aliphatic heterocycles. The van der Waals surface area contributed by atoms with Gasteiger partial charge >= 0.3 is 0 Å². The zero-order valence-corrected chi connectivity index (χ0v) is 16.8. The van der Waals surface area contributed by atoms with E-state index in [1.54, 1.807) is 0 Å². The van der Waals surface area contributed by atoms with Gasteiger partial charge in [0, 0.05) is 39.9 Å². The Labute approximate surface area is 153 Å². The van der Waals surface area contributed by atoms with Crippen molar-refractivity contribution in [2.24, 2.45) is 22.7 Å². The largest absolute Gasteiger partial charge is 0.381 e. The lowest BCUT2D eigenvalue weighted by atomic mass is 9.97. The van der Waals surface area contributed by atoms with E-state index in [1.807, 2.05) is 7.05 Å². The first-order chi connectivity index (χ1) is 10.2. The predicted octanol–water partition coefficient (Wildman–Crippen LogP) is 3.36. The zero-order valence-electron chi connectivity index (χ0n) is 14.5. The van der Waals surface area contributed by atoms with Crippen molar-refractivity contribution >= 4 is 29.9 Å². The Morgan fingerprint density at radius 2 is 2.05 bits per heavy atom. The third-order valence-electron chi connectivity index (χ3n) is 4.40. The number of guanidine groups is 1. The van der Waals surface area contributed by atoms with Crippen LogP contribution in [0, 0.1) is 17.8 Å². The molecule has 130 valence electrons. The Balaban J connectivity index is 0.00000242. The number of rotatable bonds is 8. The molecule has 1 aliphatic carbocycles. The fourth-order valence-corrected chi connectivity index (χ4v) is 3.13. The number of aliphatic imine (C=N–C) groups is 1. The summed E-state index contributed by atoms with van der Waals surface area (Å²) in [6.07, 6.45) is 6.45. The molecule has 1 saturated carbocycles. The molecule has 1 atom stereocenters. The van der Waals surface area contributed by atoms with Crippen LogP contribution in [0.25, 0.3) is 0 Å². The van der Waals surface area contributed by atoms with E-state index in [1.165, 1.54) is 25.7 Å². The number of nitrogens with one attached hydrogen (secondary N) is 1. The molecular weight excluding hydrogens is 389 g/mol. The van der Waals surface area contributed by atoms with Crippen molar-refractivity contribution in [3.05, 3.63) is 0 Å². The Morgan fingerprint density at radius 1 is 1.27 bits per heavy atom. The van der Waals surface area contributed by atoms with Crippen molar-refractivity contribution in [3.8, 4) is 0 Å². The van der Waals surface area contributed by atoms with Crippen molar-refractivity contribution in [1.29, 1.82) is 0 Å². The van der Waals surface area contributed by atoms with Crippen LogP contribution in [0.2, 0.25) is 0 Å². The maximum absolute atomic E-state index is 5.67. The first-order valence-corrected chi connectivity index (χ1v) is 8.72. The van der Waals surface area contributed by atoms with Crippen LogP contribution >= 0.6 is 24.0 Å². The molecule has 2 aliphatic rings. The number of halogens is 1. The molecule has 2 rings (SSSR count). The molecule has 4 nitrogen and oxygen atoms in total. The molecule has 1 N–H and O–H groups in total. The van der Waals surface area contributed by atoms with Gasteiger partial charge in [0.05, 0.1) is 0 Å². The number of likely N-dealkylation sites (tertiary alicyclic amines) is 1. The van der Waals surface area contributed by atoms with Crippen LogP contribution in [0.1, 0.15) is 46.0 Å². The van der Waals surface area contributed by atoms with Crippen molar-refractivity contribution in [2.75, 3.05) is 39.9 Å². The highest BCUT2D eigenvalue weighted by atomic mass is 127. The lowest BCUT2D eigenvalue weighted by Gasteiger charge is -2.22. The quantitative estimate of drug-likeness (QED) is 0.282. The highest BCUT2D eigenvalue weighted by Gasteiger charge is 2.25. The van der Waals surface area contributed by atoms with Gasteiger partial charge < -0.3 is 15.0 Å². The van der Waals surface area contributed by atoms with Gasteiger partial charge in [-0.25, -0.2) is 0 Å². The summed E-state index contributed by atoms with van der Waals surface area (Å²) in [7, 11) is 1.89. The molecule has 2 fully saturated rings. The number of hydrogen-bond donors (Lipinski definition) is 1. The van der Waals surface area contributed by atoms with Crippen LogP contribution in [-0.2, 0) is 4.74 Å². The Kier molecular flexibility index (Phi) is 9.71. The second kappa shape index (κ2) is 10.7. The van der Waals surface area contributed by atoms with Crippen LogP contribution < -0.4 is 5.32 Å². The van der Waals surface area contributed by atoms with Gasteiger partial charge in [-0.2, -0.15) is 0 Å². The van der Waals surface area contributed by atoms with Crippen molar-refractivity contribution < 1.29 is 4.74 Å². The van der Waals surface area contributed by atoms with E-state index in [0.717, 1.165) is 63.0 Å². The minimum atomic E-state index is 0. The minimum absolute atomic E-state index is 0. The van der Waals surface area contributed by atoms with Crippen LogP contribution in [-0.4, -0.2) is 50.8 Å². The molecule has 1 saturated heterocycles. The van der Waals surface area contributed by atoms with Gasteiger partial charge in [0.15, 0.2) is 5.96 Å². The van der Waals surface area contributed by atoms with Gasteiger partial charge in [-0.05, 0) is 49.9 Å². The lowest BCUT2D eigenvalue weighted by molar-refractivity contribution is 0.122. The number of ether oxygens (including phenoxy) is 1. The molecular formula is C17H34IN3O. The summed E-state index contributed by atoms with van der Waals surface area (Å²) in [4.78, 5) is 6.85. The molecule has 22 heavy (non-hydrogen) atoms. The van der Waals surface area contributed by atoms with Gasteiger partial charge in [-0.1, -0.05) is 13.8 Å². The van der Waals surface area contributed by atoms with Gasteiger partial charge in [-0.15, -0.1) is 24.0 Å². The summed E-state index contributed by atoms with van der Waals surface area (Å²) in [5.41, 5.74) is 0. The second-order valence-corrected chi connectivity index (χ2v) is 7.08. The predicted molar refractivity (Wildman–Crippen MR) is 104 cm³/mol. The van der Waals surface area contributed by atoms with E-state index in [-0.39, 0.29) is 24.0 Å². The topological polar surface area (TPSA) is 36.9 Å². The summed E-state index contributed by atoms with van der Waals surface area (Å²) >= 11 is 0. The molecule has 0 radical (unpaired) electrons. The Bertz CT molecular complexity index is 332. The Morgan fingerprint density at radius 3 is 2.68 bits per heavy atom. The summed E-state index contributed by atoms with van der Waals surface area (Å²) in [6.45, 7) is 9.75. The molecule has 0 aromatic rings. The highest BCUT2D eigenvalue weighted by Crippen LogP contribution is 2.28. The Hall–Kier alpha value is -0.0400. The van der Waals surface area contributed by atoms with Gasteiger partial charge in [0.2, 0.25) is 0 Å². The fourth-order valence-electron chi connectivity index (χ4n) is 3.13. The van der Waals surface area contributed by atoms with Crippen LogP contribution in [0.15, 0.2) is 4.99 Å². The first kappa shape index (κ1) is 20.0. The van der Waals surface area contributed by atoms with Gasteiger partial charge in [0.25, 0.3) is 0 Å². The van der Waals surface area contributed by atoms with Crippen molar-refractivity contribution in [3.63, 3.8) is 0 Å². The van der Waals surface area contributed by atoms with Crippen LogP contribution in [0.3, 0.4) is 0 Å². The zero-order chi connectivity index (χ0) is 15.1. The van der Waals surface area contributed by atoms with Crippen LogP contribution in [0.4, 0.5) is 0 Å². The summed E-state index contributed by atoms with van der Waals surface area (Å²) in [6, 6.07) is 0. The first-order valence-electron chi connectivity index (χ1n) is 8.72. The third kappa shape index (κ3) is 7.49. The van der Waals surface area contributed by atoms with E-state index in [9.17, 15) is 0 Å². The second-order valence-electron chi connectivity index (χ2n) is 7.08. The average Bonchev–Trinajstić information content (AvgIpc) is 3.16. The van der Waals surface area contributed by atoms with E-state index in [4.69, 9.17) is 4.74 Å². The SMILES string of the molecule is CN=C(NCCCOCC1CC1)N1CCC(CC(C)C)C1.I. The molecule has 5 heteroatoms. The van der Waals surface area contributed by atoms with E-state index < -0.39 is 0 Å². The molecule has 1 unspecified atom stereocenters.